The van der Waals surface area contributed by atoms with Crippen LogP contribution in [0.4, 0.5) is 10.8 Å². The first-order valence-electron chi connectivity index (χ1n) is 9.02. The van der Waals surface area contributed by atoms with Gasteiger partial charge in [-0.15, -0.1) is 11.3 Å². The van der Waals surface area contributed by atoms with Gasteiger partial charge in [0.15, 0.2) is 5.13 Å². The number of thiazole rings is 1. The zero-order chi connectivity index (χ0) is 19.5. The van der Waals surface area contributed by atoms with Crippen molar-refractivity contribution in [1.82, 2.24) is 19.9 Å². The molecule has 2 aromatic heterocycles. The molecular formula is C21H21N5OS. The van der Waals surface area contributed by atoms with E-state index in [1.54, 1.807) is 17.4 Å². The molecule has 6 nitrogen and oxygen atoms in total. The number of benzene rings is 2. The van der Waals surface area contributed by atoms with Crippen molar-refractivity contribution < 1.29 is 0 Å². The molecule has 0 atom stereocenters. The highest BCUT2D eigenvalue weighted by molar-refractivity contribution is 7.13. The van der Waals surface area contributed by atoms with Gasteiger partial charge in [-0.25, -0.2) is 9.97 Å². The van der Waals surface area contributed by atoms with E-state index in [0.29, 0.717) is 29.8 Å². The van der Waals surface area contributed by atoms with Crippen LogP contribution >= 0.6 is 11.3 Å². The van der Waals surface area contributed by atoms with Gasteiger partial charge < -0.3 is 10.3 Å². The van der Waals surface area contributed by atoms with Crippen molar-refractivity contribution in [3.05, 3.63) is 81.3 Å². The molecule has 2 aromatic carbocycles. The quantitative estimate of drug-likeness (QED) is 0.518. The molecule has 0 bridgehead atoms. The first-order chi connectivity index (χ1) is 13.6. The minimum Gasteiger partial charge on any atom is -0.331 e. The first kappa shape index (κ1) is 18.3. The third-order valence-electron chi connectivity index (χ3n) is 4.45. The number of nitrogens with one attached hydrogen (secondary N) is 2. The number of aromatic nitrogens is 3. The van der Waals surface area contributed by atoms with Gasteiger partial charge >= 0.3 is 0 Å². The summed E-state index contributed by atoms with van der Waals surface area (Å²) in [4.78, 5) is 26.4. The van der Waals surface area contributed by atoms with Gasteiger partial charge in [-0.1, -0.05) is 30.3 Å². The summed E-state index contributed by atoms with van der Waals surface area (Å²) in [6.07, 6.45) is 0. The number of rotatable bonds is 6. The van der Waals surface area contributed by atoms with Crippen molar-refractivity contribution in [1.29, 1.82) is 0 Å². The minimum absolute atomic E-state index is 0.104. The number of para-hydroxylation sites is 2. The zero-order valence-corrected chi connectivity index (χ0v) is 16.6. The number of H-pyrrole nitrogens is 1. The number of nitrogens with zero attached hydrogens (tertiary/aromatic N) is 3. The van der Waals surface area contributed by atoms with E-state index in [9.17, 15) is 4.79 Å². The van der Waals surface area contributed by atoms with Gasteiger partial charge in [0.1, 0.15) is 5.82 Å². The van der Waals surface area contributed by atoms with Crippen molar-refractivity contribution in [2.75, 3.05) is 12.4 Å². The molecule has 0 spiro atoms. The fraction of sp³-hybridized carbons (Fsp3) is 0.190. The van der Waals surface area contributed by atoms with Crippen LogP contribution in [0.1, 0.15) is 17.1 Å². The third-order valence-corrected chi connectivity index (χ3v) is 5.26. The van der Waals surface area contributed by atoms with Crippen LogP contribution in [-0.2, 0) is 13.1 Å². The van der Waals surface area contributed by atoms with Gasteiger partial charge in [0, 0.05) is 17.6 Å². The van der Waals surface area contributed by atoms with E-state index in [-0.39, 0.29) is 5.56 Å². The molecule has 28 heavy (non-hydrogen) atoms. The molecule has 142 valence electrons. The maximum atomic E-state index is 12.2. The van der Waals surface area contributed by atoms with Gasteiger partial charge in [-0.3, -0.25) is 9.69 Å². The molecule has 0 fully saturated rings. The lowest BCUT2D eigenvalue weighted by atomic mass is 10.2. The van der Waals surface area contributed by atoms with E-state index in [1.165, 1.54) is 5.56 Å². The van der Waals surface area contributed by atoms with Gasteiger partial charge in [0.25, 0.3) is 5.56 Å². The van der Waals surface area contributed by atoms with E-state index in [1.807, 2.05) is 48.8 Å². The normalized spacial score (nSPS) is 11.2. The Bertz CT molecular complexity index is 1170. The van der Waals surface area contributed by atoms with Gasteiger partial charge in [-0.2, -0.15) is 0 Å². The molecule has 4 rings (SSSR count). The number of hydrogen-bond acceptors (Lipinski definition) is 6. The van der Waals surface area contributed by atoms with Crippen LogP contribution in [0.25, 0.3) is 10.9 Å². The second-order valence-corrected chi connectivity index (χ2v) is 7.64. The molecule has 0 aliphatic heterocycles. The summed E-state index contributed by atoms with van der Waals surface area (Å²) in [7, 11) is 1.99. The van der Waals surface area contributed by atoms with E-state index in [0.717, 1.165) is 16.5 Å². The Morgan fingerprint density at radius 2 is 1.86 bits per heavy atom. The first-order valence-corrected chi connectivity index (χ1v) is 9.90. The molecule has 0 aliphatic rings. The number of hydrogen-bond donors (Lipinski definition) is 2. The van der Waals surface area contributed by atoms with Crippen molar-refractivity contribution in [2.24, 2.45) is 0 Å². The molecule has 0 saturated carbocycles. The lowest BCUT2D eigenvalue weighted by Crippen LogP contribution is -2.22. The number of aryl methyl sites for hydroxylation is 1. The van der Waals surface area contributed by atoms with Crippen LogP contribution in [0.3, 0.4) is 0 Å². The fourth-order valence-corrected chi connectivity index (χ4v) is 3.78. The van der Waals surface area contributed by atoms with Crippen molar-refractivity contribution >= 4 is 33.1 Å². The van der Waals surface area contributed by atoms with Crippen molar-refractivity contribution in [3.63, 3.8) is 0 Å². The second-order valence-electron chi connectivity index (χ2n) is 6.79. The average molecular weight is 392 g/mol. The molecule has 2 N–H and O–H groups in total. The molecule has 0 aliphatic carbocycles. The van der Waals surface area contributed by atoms with Crippen LogP contribution in [0.2, 0.25) is 0 Å². The molecule has 0 amide bonds. The SMILES string of the molecule is Cc1ccccc1Nc1nc(CN(C)Cc2nc3ccccc3c(=O)[nH]2)cs1. The van der Waals surface area contributed by atoms with E-state index in [4.69, 9.17) is 0 Å². The van der Waals surface area contributed by atoms with Crippen LogP contribution in [0.15, 0.2) is 58.7 Å². The maximum absolute atomic E-state index is 12.2. The maximum Gasteiger partial charge on any atom is 0.258 e. The summed E-state index contributed by atoms with van der Waals surface area (Å²) in [6.45, 7) is 3.28. The standard InChI is InChI=1S/C21H21N5OS/c1-14-7-3-5-9-17(14)24-21-22-15(13-28-21)11-26(2)12-19-23-18-10-6-4-8-16(18)20(27)25-19/h3-10,13H,11-12H2,1-2H3,(H,22,24)(H,23,25,27). The van der Waals surface area contributed by atoms with Crippen LogP contribution in [-0.4, -0.2) is 26.9 Å². The summed E-state index contributed by atoms with van der Waals surface area (Å²) in [5.74, 6) is 0.652. The monoisotopic (exact) mass is 391 g/mol. The van der Waals surface area contributed by atoms with Crippen molar-refractivity contribution in [3.8, 4) is 0 Å². The average Bonchev–Trinajstić information content (AvgIpc) is 3.10. The van der Waals surface area contributed by atoms with Crippen molar-refractivity contribution in [2.45, 2.75) is 20.0 Å². The van der Waals surface area contributed by atoms with Crippen LogP contribution in [0, 0.1) is 6.92 Å². The Balaban J connectivity index is 1.43. The summed E-state index contributed by atoms with van der Waals surface area (Å²) in [5.41, 5.74) is 3.84. The van der Waals surface area contributed by atoms with Gasteiger partial charge in [0.05, 0.1) is 23.1 Å². The Kier molecular flexibility index (Phi) is 5.18. The predicted octanol–water partition coefficient (Wildman–Crippen LogP) is 4.06. The summed E-state index contributed by atoms with van der Waals surface area (Å²) < 4.78 is 0. The minimum atomic E-state index is -0.104. The molecule has 4 aromatic rings. The molecule has 2 heterocycles. The van der Waals surface area contributed by atoms with Crippen LogP contribution in [0.5, 0.6) is 0 Å². The highest BCUT2D eigenvalue weighted by Crippen LogP contribution is 2.23. The predicted molar refractivity (Wildman–Crippen MR) is 114 cm³/mol. The summed E-state index contributed by atoms with van der Waals surface area (Å²) >= 11 is 1.58. The molecule has 0 unspecified atom stereocenters. The second kappa shape index (κ2) is 7.92. The van der Waals surface area contributed by atoms with Crippen LogP contribution < -0.4 is 10.9 Å². The molecule has 0 saturated heterocycles. The largest absolute Gasteiger partial charge is 0.331 e. The highest BCUT2D eigenvalue weighted by atomic mass is 32.1. The molecule has 7 heteroatoms. The number of aromatic amines is 1. The zero-order valence-electron chi connectivity index (χ0n) is 15.8. The molecule has 0 radical (unpaired) electrons. The highest BCUT2D eigenvalue weighted by Gasteiger charge is 2.10. The van der Waals surface area contributed by atoms with Gasteiger partial charge in [0.2, 0.25) is 0 Å². The topological polar surface area (TPSA) is 73.9 Å². The van der Waals surface area contributed by atoms with E-state index >= 15 is 0 Å². The Labute approximate surface area is 166 Å². The Morgan fingerprint density at radius 1 is 1.07 bits per heavy atom. The van der Waals surface area contributed by atoms with E-state index < -0.39 is 0 Å². The lowest BCUT2D eigenvalue weighted by Gasteiger charge is -2.14. The number of anilines is 2. The van der Waals surface area contributed by atoms with Gasteiger partial charge in [-0.05, 0) is 37.7 Å². The molecular weight excluding hydrogens is 370 g/mol. The fourth-order valence-electron chi connectivity index (χ4n) is 3.06. The lowest BCUT2D eigenvalue weighted by molar-refractivity contribution is 0.307. The number of fused-ring (bicyclic) bond motifs is 1. The Morgan fingerprint density at radius 3 is 2.71 bits per heavy atom. The summed E-state index contributed by atoms with van der Waals surface area (Å²) in [5, 5.41) is 6.90. The van der Waals surface area contributed by atoms with E-state index in [2.05, 4.69) is 38.2 Å². The Hall–Kier alpha value is -3.03. The smallest absolute Gasteiger partial charge is 0.258 e. The third kappa shape index (κ3) is 4.11. The summed E-state index contributed by atoms with van der Waals surface area (Å²) in [6, 6.07) is 15.5.